The molecule has 2 heterocycles. The quantitative estimate of drug-likeness (QED) is 0.374. The molecule has 4 rings (SSSR count). The summed E-state index contributed by atoms with van der Waals surface area (Å²) in [6.07, 6.45) is 0. The number of amides is 1. The number of nitrogens with zero attached hydrogens (tertiary/aromatic N) is 2. The van der Waals surface area contributed by atoms with Gasteiger partial charge in [0.05, 0.1) is 17.7 Å². The molecule has 2 N–H and O–H groups in total. The number of hydrogen-bond acceptors (Lipinski definition) is 7. The van der Waals surface area contributed by atoms with Crippen molar-refractivity contribution in [3.8, 4) is 10.4 Å². The van der Waals surface area contributed by atoms with Crippen LogP contribution >= 0.6 is 11.3 Å². The molecule has 0 unspecified atom stereocenters. The second kappa shape index (κ2) is 9.85. The van der Waals surface area contributed by atoms with E-state index in [1.807, 2.05) is 0 Å². The number of carboxylic acid groups (broad SMARTS) is 1. The number of aromatic carboxylic acids is 1. The minimum Gasteiger partial charge on any atom is -0.476 e. The van der Waals surface area contributed by atoms with Gasteiger partial charge >= 0.3 is 11.9 Å². The number of thiophene rings is 1. The Morgan fingerprint density at radius 1 is 1.11 bits per heavy atom. The molecule has 4 aromatic rings. The molecule has 2 aromatic carbocycles. The first kappa shape index (κ1) is 23.8. The monoisotopic (exact) mass is 495 g/mol. The Morgan fingerprint density at radius 3 is 2.46 bits per heavy atom. The number of fused-ring (bicyclic) bond motifs is 1. The van der Waals surface area contributed by atoms with Crippen LogP contribution in [-0.2, 0) is 16.1 Å². The topological polar surface area (TPSA) is 128 Å². The van der Waals surface area contributed by atoms with Gasteiger partial charge in [0.15, 0.2) is 5.69 Å². The average molecular weight is 495 g/mol. The van der Waals surface area contributed by atoms with Gasteiger partial charge in [0, 0.05) is 10.3 Å². The van der Waals surface area contributed by atoms with Crippen molar-refractivity contribution in [2.45, 2.75) is 13.5 Å². The number of carbonyl (C=O) groups excluding carboxylic acids is 2. The third-order valence-corrected chi connectivity index (χ3v) is 6.12. The van der Waals surface area contributed by atoms with Crippen molar-refractivity contribution >= 4 is 45.6 Å². The van der Waals surface area contributed by atoms with Crippen LogP contribution in [-0.4, -0.2) is 39.3 Å². The average Bonchev–Trinajstić information content (AvgIpc) is 3.25. The number of halogens is 1. The molecular formula is C24H18FN3O6S. The molecule has 178 valence electrons. The van der Waals surface area contributed by atoms with Crippen molar-refractivity contribution in [2.24, 2.45) is 0 Å². The van der Waals surface area contributed by atoms with Gasteiger partial charge in [0.25, 0.3) is 5.56 Å². The molecular weight excluding hydrogens is 477 g/mol. The lowest BCUT2D eigenvalue weighted by Crippen LogP contribution is -2.31. The number of nitrogens with one attached hydrogen (secondary N) is 1. The van der Waals surface area contributed by atoms with Crippen molar-refractivity contribution < 1.29 is 28.6 Å². The normalized spacial score (nSPS) is 10.8. The summed E-state index contributed by atoms with van der Waals surface area (Å²) in [5.41, 5.74) is -0.232. The highest BCUT2D eigenvalue weighted by Crippen LogP contribution is 2.35. The number of rotatable bonds is 7. The number of ether oxygens (including phenoxy) is 1. The van der Waals surface area contributed by atoms with Crippen molar-refractivity contribution in [3.63, 3.8) is 0 Å². The second-order valence-electron chi connectivity index (χ2n) is 7.29. The first-order chi connectivity index (χ1) is 16.8. The number of aromatic nitrogens is 2. The minimum absolute atomic E-state index is 0.106. The van der Waals surface area contributed by atoms with Gasteiger partial charge in [-0.05, 0) is 36.8 Å². The molecule has 0 bridgehead atoms. The Hall–Kier alpha value is -4.38. The van der Waals surface area contributed by atoms with Crippen molar-refractivity contribution in [3.05, 3.63) is 81.3 Å². The number of anilines is 1. The van der Waals surface area contributed by atoms with E-state index in [0.717, 1.165) is 16.0 Å². The largest absolute Gasteiger partial charge is 0.476 e. The van der Waals surface area contributed by atoms with Crippen LogP contribution in [0.1, 0.15) is 27.1 Å². The lowest BCUT2D eigenvalue weighted by molar-refractivity contribution is -0.117. The summed E-state index contributed by atoms with van der Waals surface area (Å²) in [6, 6.07) is 13.2. The highest BCUT2D eigenvalue weighted by Gasteiger charge is 2.22. The van der Waals surface area contributed by atoms with E-state index in [-0.39, 0.29) is 33.6 Å². The molecule has 1 amide bonds. The first-order valence-electron chi connectivity index (χ1n) is 10.4. The summed E-state index contributed by atoms with van der Waals surface area (Å²) in [5.74, 6) is -3.13. The molecule has 0 radical (unpaired) electrons. The fourth-order valence-electron chi connectivity index (χ4n) is 3.41. The zero-order valence-electron chi connectivity index (χ0n) is 18.3. The Labute approximate surface area is 201 Å². The van der Waals surface area contributed by atoms with E-state index in [1.165, 1.54) is 36.4 Å². The van der Waals surface area contributed by atoms with E-state index in [2.05, 4.69) is 10.4 Å². The van der Waals surface area contributed by atoms with Crippen LogP contribution in [0.4, 0.5) is 10.1 Å². The van der Waals surface area contributed by atoms with Gasteiger partial charge in [0.1, 0.15) is 17.2 Å². The summed E-state index contributed by atoms with van der Waals surface area (Å²) in [5, 5.41) is 16.2. The van der Waals surface area contributed by atoms with Gasteiger partial charge in [-0.3, -0.25) is 9.59 Å². The summed E-state index contributed by atoms with van der Waals surface area (Å²) in [4.78, 5) is 50.4. The van der Waals surface area contributed by atoms with E-state index in [0.29, 0.717) is 10.4 Å². The van der Waals surface area contributed by atoms with E-state index in [1.54, 1.807) is 25.1 Å². The third-order valence-electron chi connectivity index (χ3n) is 4.96. The van der Waals surface area contributed by atoms with Gasteiger partial charge in [-0.15, -0.1) is 11.3 Å². The van der Waals surface area contributed by atoms with Gasteiger partial charge < -0.3 is 15.2 Å². The molecule has 0 spiro atoms. The maximum atomic E-state index is 13.3. The molecule has 0 aliphatic rings. The molecule has 35 heavy (non-hydrogen) atoms. The van der Waals surface area contributed by atoms with Gasteiger partial charge in [-0.25, -0.2) is 18.7 Å². The van der Waals surface area contributed by atoms with Crippen LogP contribution < -0.4 is 10.9 Å². The Bertz CT molecular complexity index is 1510. The summed E-state index contributed by atoms with van der Waals surface area (Å²) < 4.78 is 19.1. The number of hydrogen-bond donors (Lipinski definition) is 2. The lowest BCUT2D eigenvalue weighted by atomic mass is 10.1. The van der Waals surface area contributed by atoms with E-state index in [9.17, 15) is 28.7 Å². The molecule has 0 fully saturated rings. The molecule has 0 saturated heterocycles. The third kappa shape index (κ3) is 4.94. The van der Waals surface area contributed by atoms with E-state index >= 15 is 0 Å². The van der Waals surface area contributed by atoms with Gasteiger partial charge in [0.2, 0.25) is 5.91 Å². The molecule has 2 aromatic heterocycles. The number of benzene rings is 2. The zero-order chi connectivity index (χ0) is 25.1. The highest BCUT2D eigenvalue weighted by atomic mass is 32.1. The first-order valence-corrected chi connectivity index (χ1v) is 11.2. The molecule has 11 heteroatoms. The minimum atomic E-state index is -1.35. The molecule has 0 aliphatic carbocycles. The molecule has 0 saturated carbocycles. The predicted octanol–water partition coefficient (Wildman–Crippen LogP) is 3.78. The smallest absolute Gasteiger partial charge is 0.357 e. The summed E-state index contributed by atoms with van der Waals surface area (Å²) in [6.45, 7) is 1.17. The Balaban J connectivity index is 1.67. The maximum Gasteiger partial charge on any atom is 0.357 e. The van der Waals surface area contributed by atoms with Crippen LogP contribution in [0.5, 0.6) is 0 Å². The molecule has 0 aliphatic heterocycles. The van der Waals surface area contributed by atoms with Crippen LogP contribution in [0, 0.1) is 5.82 Å². The predicted molar refractivity (Wildman–Crippen MR) is 127 cm³/mol. The summed E-state index contributed by atoms with van der Waals surface area (Å²) >= 11 is 1.05. The molecule has 9 nitrogen and oxygen atoms in total. The van der Waals surface area contributed by atoms with Crippen molar-refractivity contribution in [1.82, 2.24) is 9.78 Å². The zero-order valence-corrected chi connectivity index (χ0v) is 19.1. The number of carboxylic acids is 1. The van der Waals surface area contributed by atoms with E-state index in [4.69, 9.17) is 4.74 Å². The fraction of sp³-hybridized carbons (Fsp3) is 0.125. The van der Waals surface area contributed by atoms with Crippen molar-refractivity contribution in [1.29, 1.82) is 0 Å². The summed E-state index contributed by atoms with van der Waals surface area (Å²) in [7, 11) is 0. The van der Waals surface area contributed by atoms with Gasteiger partial charge in [-0.2, -0.15) is 5.10 Å². The maximum absolute atomic E-state index is 13.3. The number of esters is 1. The standard InChI is InChI=1S/C24H18FN3O6S/c1-2-34-24(33)21-17(11-18(35-21)13-7-9-14(25)10-8-13)26-19(29)12-28-22(30)16-6-4-3-5-15(16)20(27-28)23(31)32/h3-11H,2,12H2,1H3,(H,26,29)(H,31,32). The van der Waals surface area contributed by atoms with Crippen molar-refractivity contribution in [2.75, 3.05) is 11.9 Å². The lowest BCUT2D eigenvalue weighted by Gasteiger charge is -2.10. The number of carbonyl (C=O) groups is 3. The van der Waals surface area contributed by atoms with Crippen LogP contribution in [0.15, 0.2) is 59.4 Å². The second-order valence-corrected chi connectivity index (χ2v) is 8.34. The van der Waals surface area contributed by atoms with E-state index < -0.39 is 35.8 Å². The highest BCUT2D eigenvalue weighted by molar-refractivity contribution is 7.18. The van der Waals surface area contributed by atoms with Crippen LogP contribution in [0.2, 0.25) is 0 Å². The van der Waals surface area contributed by atoms with Gasteiger partial charge in [-0.1, -0.05) is 30.3 Å². The van der Waals surface area contributed by atoms with Crippen LogP contribution in [0.25, 0.3) is 21.2 Å². The fourth-order valence-corrected chi connectivity index (χ4v) is 4.43. The molecule has 0 atom stereocenters. The Morgan fingerprint density at radius 2 is 1.80 bits per heavy atom. The SMILES string of the molecule is CCOC(=O)c1sc(-c2ccc(F)cc2)cc1NC(=O)Cn1nc(C(=O)O)c2ccccc2c1=O. The van der Waals surface area contributed by atoms with Crippen LogP contribution in [0.3, 0.4) is 0 Å². The Kier molecular flexibility index (Phi) is 6.69.